The van der Waals surface area contributed by atoms with Crippen LogP contribution in [0.5, 0.6) is 5.75 Å². The van der Waals surface area contributed by atoms with E-state index in [2.05, 4.69) is 16.4 Å². The molecular weight excluding hydrogens is 332 g/mol. The van der Waals surface area contributed by atoms with Gasteiger partial charge in [0.05, 0.1) is 12.3 Å². The second-order valence-corrected chi connectivity index (χ2v) is 6.55. The molecule has 1 aliphatic rings. The molecule has 0 saturated carbocycles. The van der Waals surface area contributed by atoms with Gasteiger partial charge in [0.15, 0.2) is 5.13 Å². The summed E-state index contributed by atoms with van der Waals surface area (Å²) in [5, 5.41) is 5.34. The van der Waals surface area contributed by atoms with Gasteiger partial charge < -0.3 is 4.74 Å². The first kappa shape index (κ1) is 15.6. The van der Waals surface area contributed by atoms with E-state index in [1.54, 1.807) is 6.08 Å². The van der Waals surface area contributed by atoms with Crippen molar-refractivity contribution in [2.24, 2.45) is 0 Å². The van der Waals surface area contributed by atoms with Gasteiger partial charge in [0, 0.05) is 23.4 Å². The van der Waals surface area contributed by atoms with Gasteiger partial charge in [0.25, 0.3) is 0 Å². The van der Waals surface area contributed by atoms with E-state index in [0.29, 0.717) is 5.13 Å². The standard InChI is InChI=1S/C20H16N2O2S/c23-19(9-7-14-6-8-18-16(12-14)10-11-24-18)22-20-21-17(13-25-20)15-4-2-1-3-5-15/h1-9,12-13H,10-11H2,(H,21,22,23)/b9-7+. The van der Waals surface area contributed by atoms with E-state index in [-0.39, 0.29) is 5.91 Å². The van der Waals surface area contributed by atoms with E-state index in [4.69, 9.17) is 4.74 Å². The van der Waals surface area contributed by atoms with Crippen LogP contribution in [0.25, 0.3) is 17.3 Å². The van der Waals surface area contributed by atoms with Gasteiger partial charge in [0.2, 0.25) is 5.91 Å². The first-order chi connectivity index (χ1) is 12.3. The number of nitrogens with zero attached hydrogens (tertiary/aromatic N) is 1. The highest BCUT2D eigenvalue weighted by Gasteiger charge is 2.11. The molecule has 0 spiro atoms. The molecule has 25 heavy (non-hydrogen) atoms. The molecule has 0 radical (unpaired) electrons. The predicted octanol–water partition coefficient (Wildman–Crippen LogP) is 4.40. The van der Waals surface area contributed by atoms with E-state index in [9.17, 15) is 4.79 Å². The van der Waals surface area contributed by atoms with Gasteiger partial charge in [-0.1, -0.05) is 36.4 Å². The maximum atomic E-state index is 12.1. The average molecular weight is 348 g/mol. The van der Waals surface area contributed by atoms with Gasteiger partial charge in [-0.15, -0.1) is 11.3 Å². The zero-order chi connectivity index (χ0) is 17.1. The number of amides is 1. The summed E-state index contributed by atoms with van der Waals surface area (Å²) in [6.45, 7) is 0.733. The minimum absolute atomic E-state index is 0.189. The van der Waals surface area contributed by atoms with Gasteiger partial charge in [-0.05, 0) is 29.3 Å². The number of fused-ring (bicyclic) bond motifs is 1. The normalized spacial score (nSPS) is 12.8. The quantitative estimate of drug-likeness (QED) is 0.711. The van der Waals surface area contributed by atoms with Crippen LogP contribution in [-0.2, 0) is 11.2 Å². The highest BCUT2D eigenvalue weighted by molar-refractivity contribution is 7.14. The van der Waals surface area contributed by atoms with Crippen molar-refractivity contribution in [2.45, 2.75) is 6.42 Å². The van der Waals surface area contributed by atoms with Crippen molar-refractivity contribution in [3.63, 3.8) is 0 Å². The molecule has 124 valence electrons. The topological polar surface area (TPSA) is 51.2 Å². The number of carbonyl (C=O) groups excluding carboxylic acids is 1. The predicted molar refractivity (Wildman–Crippen MR) is 101 cm³/mol. The Morgan fingerprint density at radius 1 is 1.20 bits per heavy atom. The smallest absolute Gasteiger partial charge is 0.250 e. The Labute approximate surface area is 149 Å². The van der Waals surface area contributed by atoms with E-state index in [1.807, 2.05) is 47.8 Å². The summed E-state index contributed by atoms with van der Waals surface area (Å²) in [5.41, 5.74) is 4.08. The van der Waals surface area contributed by atoms with E-state index in [1.165, 1.54) is 23.0 Å². The molecule has 3 aromatic rings. The summed E-state index contributed by atoms with van der Waals surface area (Å²) in [6, 6.07) is 15.9. The van der Waals surface area contributed by atoms with Crippen LogP contribution < -0.4 is 10.1 Å². The van der Waals surface area contributed by atoms with Gasteiger partial charge in [-0.25, -0.2) is 4.98 Å². The number of rotatable bonds is 4. The second-order valence-electron chi connectivity index (χ2n) is 5.69. The van der Waals surface area contributed by atoms with Crippen LogP contribution >= 0.6 is 11.3 Å². The number of benzene rings is 2. The number of nitrogens with one attached hydrogen (secondary N) is 1. The minimum atomic E-state index is -0.189. The molecule has 2 aromatic carbocycles. The summed E-state index contributed by atoms with van der Waals surface area (Å²) >= 11 is 1.42. The fraction of sp³-hybridized carbons (Fsp3) is 0.100. The third-order valence-corrected chi connectivity index (χ3v) is 4.70. The first-order valence-electron chi connectivity index (χ1n) is 8.04. The second kappa shape index (κ2) is 6.91. The summed E-state index contributed by atoms with van der Waals surface area (Å²) in [5.74, 6) is 0.753. The zero-order valence-electron chi connectivity index (χ0n) is 13.4. The van der Waals surface area contributed by atoms with Crippen molar-refractivity contribution in [3.8, 4) is 17.0 Å². The van der Waals surface area contributed by atoms with E-state index >= 15 is 0 Å². The molecule has 0 aliphatic carbocycles. The lowest BCUT2D eigenvalue weighted by atomic mass is 10.1. The number of hydrogen-bond donors (Lipinski definition) is 1. The fourth-order valence-corrected chi connectivity index (χ4v) is 3.42. The number of aromatic nitrogens is 1. The Hall–Kier alpha value is -2.92. The molecule has 0 bridgehead atoms. The van der Waals surface area contributed by atoms with Gasteiger partial charge in [-0.2, -0.15) is 0 Å². The maximum Gasteiger partial charge on any atom is 0.250 e. The Kier molecular flexibility index (Phi) is 4.31. The van der Waals surface area contributed by atoms with Crippen LogP contribution in [0.1, 0.15) is 11.1 Å². The summed E-state index contributed by atoms with van der Waals surface area (Å²) in [7, 11) is 0. The van der Waals surface area contributed by atoms with Crippen LogP contribution in [0, 0.1) is 0 Å². The number of carbonyl (C=O) groups is 1. The van der Waals surface area contributed by atoms with Gasteiger partial charge in [-0.3, -0.25) is 10.1 Å². The van der Waals surface area contributed by atoms with Crippen LogP contribution in [-0.4, -0.2) is 17.5 Å². The highest BCUT2D eigenvalue weighted by atomic mass is 32.1. The number of ether oxygens (including phenoxy) is 1. The van der Waals surface area contributed by atoms with Crippen molar-refractivity contribution >= 4 is 28.5 Å². The molecule has 0 fully saturated rings. The van der Waals surface area contributed by atoms with Crippen molar-refractivity contribution in [3.05, 3.63) is 71.1 Å². The molecule has 1 aliphatic heterocycles. The molecule has 0 atom stereocenters. The summed E-state index contributed by atoms with van der Waals surface area (Å²) in [4.78, 5) is 16.6. The SMILES string of the molecule is O=C(/C=C/c1ccc2c(c1)CCO2)Nc1nc(-c2ccccc2)cs1. The number of thiazole rings is 1. The van der Waals surface area contributed by atoms with Crippen molar-refractivity contribution < 1.29 is 9.53 Å². The molecule has 4 rings (SSSR count). The molecule has 0 saturated heterocycles. The van der Waals surface area contributed by atoms with Crippen molar-refractivity contribution in [2.75, 3.05) is 11.9 Å². The first-order valence-corrected chi connectivity index (χ1v) is 8.92. The van der Waals surface area contributed by atoms with Crippen LogP contribution in [0.2, 0.25) is 0 Å². The van der Waals surface area contributed by atoms with Gasteiger partial charge in [0.1, 0.15) is 5.75 Å². The van der Waals surface area contributed by atoms with E-state index in [0.717, 1.165) is 35.6 Å². The molecule has 0 unspecified atom stereocenters. The number of hydrogen-bond acceptors (Lipinski definition) is 4. The monoisotopic (exact) mass is 348 g/mol. The summed E-state index contributed by atoms with van der Waals surface area (Å²) < 4.78 is 5.49. The molecule has 1 aromatic heterocycles. The Balaban J connectivity index is 1.41. The largest absolute Gasteiger partial charge is 0.493 e. The fourth-order valence-electron chi connectivity index (χ4n) is 2.70. The third-order valence-electron chi connectivity index (χ3n) is 3.94. The van der Waals surface area contributed by atoms with Crippen molar-refractivity contribution in [1.29, 1.82) is 0 Å². The minimum Gasteiger partial charge on any atom is -0.493 e. The average Bonchev–Trinajstić information content (AvgIpc) is 3.29. The molecule has 5 heteroatoms. The van der Waals surface area contributed by atoms with Gasteiger partial charge >= 0.3 is 0 Å². The maximum absolute atomic E-state index is 12.1. The van der Waals surface area contributed by atoms with E-state index < -0.39 is 0 Å². The highest BCUT2D eigenvalue weighted by Crippen LogP contribution is 2.27. The molecular formula is C20H16N2O2S. The Morgan fingerprint density at radius 2 is 2.08 bits per heavy atom. The van der Waals surface area contributed by atoms with Crippen LogP contribution in [0.15, 0.2) is 60.0 Å². The van der Waals surface area contributed by atoms with Crippen LogP contribution in [0.4, 0.5) is 5.13 Å². The Bertz CT molecular complexity index is 932. The molecule has 4 nitrogen and oxygen atoms in total. The van der Waals surface area contributed by atoms with Crippen LogP contribution in [0.3, 0.4) is 0 Å². The lowest BCUT2D eigenvalue weighted by molar-refractivity contribution is -0.111. The lowest BCUT2D eigenvalue weighted by Gasteiger charge is -2.00. The third kappa shape index (κ3) is 3.61. The number of anilines is 1. The Morgan fingerprint density at radius 3 is 2.96 bits per heavy atom. The zero-order valence-corrected chi connectivity index (χ0v) is 14.3. The molecule has 1 amide bonds. The molecule has 1 N–H and O–H groups in total. The summed E-state index contributed by atoms with van der Waals surface area (Å²) in [6.07, 6.45) is 4.26. The lowest BCUT2D eigenvalue weighted by Crippen LogP contribution is -2.07. The molecule has 2 heterocycles. The van der Waals surface area contributed by atoms with Crippen molar-refractivity contribution in [1.82, 2.24) is 4.98 Å².